The van der Waals surface area contributed by atoms with Crippen LogP contribution in [0.3, 0.4) is 0 Å². The molecule has 11 heavy (non-hydrogen) atoms. The molecule has 0 aromatic heterocycles. The second kappa shape index (κ2) is 3.37. The topological polar surface area (TPSA) is 20.3 Å². The van der Waals surface area contributed by atoms with E-state index in [9.17, 15) is 4.79 Å². The van der Waals surface area contributed by atoms with Crippen LogP contribution in [0.2, 0.25) is 0 Å². The van der Waals surface area contributed by atoms with Gasteiger partial charge >= 0.3 is 0 Å². The molecular weight excluding hydrogens is 138 g/mol. The lowest BCUT2D eigenvalue weighted by molar-refractivity contribution is -0.128. The molecule has 0 bridgehead atoms. The van der Waals surface area contributed by atoms with E-state index < -0.39 is 0 Å². The summed E-state index contributed by atoms with van der Waals surface area (Å²) in [7, 11) is 0. The summed E-state index contributed by atoms with van der Waals surface area (Å²) >= 11 is 0. The Morgan fingerprint density at radius 3 is 2.82 bits per heavy atom. The number of allylic oxidation sites excluding steroid dienone is 1. The predicted molar refractivity (Wildman–Crippen MR) is 44.8 cm³/mol. The van der Waals surface area contributed by atoms with Crippen molar-refractivity contribution in [2.24, 2.45) is 5.92 Å². The van der Waals surface area contributed by atoms with Gasteiger partial charge in [0.25, 0.3) is 0 Å². The molecule has 1 rings (SSSR count). The van der Waals surface area contributed by atoms with Crippen molar-refractivity contribution in [3.8, 4) is 0 Å². The van der Waals surface area contributed by atoms with E-state index in [-0.39, 0.29) is 11.8 Å². The zero-order valence-electron chi connectivity index (χ0n) is 6.62. The van der Waals surface area contributed by atoms with Crippen molar-refractivity contribution in [3.63, 3.8) is 0 Å². The first-order valence-corrected chi connectivity index (χ1v) is 3.83. The molecule has 0 saturated carbocycles. The molecule has 60 valence electrons. The van der Waals surface area contributed by atoms with Crippen LogP contribution < -0.4 is 0 Å². The van der Waals surface area contributed by atoms with E-state index in [4.69, 9.17) is 0 Å². The highest BCUT2D eigenvalue weighted by Gasteiger charge is 2.28. The average Bonchev–Trinajstić information content (AvgIpc) is 2.34. The summed E-state index contributed by atoms with van der Waals surface area (Å²) in [6, 6.07) is 0. The van der Waals surface area contributed by atoms with Crippen LogP contribution in [0.15, 0.2) is 25.4 Å². The van der Waals surface area contributed by atoms with Gasteiger partial charge in [0.1, 0.15) is 0 Å². The molecule has 0 spiro atoms. The van der Waals surface area contributed by atoms with Crippen molar-refractivity contribution in [1.82, 2.24) is 4.90 Å². The summed E-state index contributed by atoms with van der Waals surface area (Å²) in [4.78, 5) is 13.0. The molecule has 1 aliphatic heterocycles. The normalized spacial score (nSPS) is 23.8. The first-order chi connectivity index (χ1) is 5.29. The van der Waals surface area contributed by atoms with Crippen LogP contribution in [-0.2, 0) is 4.79 Å². The molecule has 0 radical (unpaired) electrons. The zero-order valence-corrected chi connectivity index (χ0v) is 6.62. The van der Waals surface area contributed by atoms with E-state index in [2.05, 4.69) is 13.2 Å². The lowest BCUT2D eigenvalue weighted by Gasteiger charge is -2.08. The van der Waals surface area contributed by atoms with Crippen LogP contribution >= 0.6 is 0 Å². The molecule has 1 aliphatic rings. The van der Waals surface area contributed by atoms with Gasteiger partial charge in [-0.3, -0.25) is 4.79 Å². The number of likely N-dealkylation sites (tertiary alicyclic amines) is 1. The highest BCUT2D eigenvalue weighted by Crippen LogP contribution is 2.21. The summed E-state index contributed by atoms with van der Waals surface area (Å²) in [6.07, 6.45) is 5.14. The van der Waals surface area contributed by atoms with Gasteiger partial charge in [-0.15, -0.1) is 6.58 Å². The number of hydrogen-bond donors (Lipinski definition) is 0. The Hall–Kier alpha value is -1.05. The SMILES string of the molecule is C=CCC1CCN(C=C)C1=O. The first-order valence-electron chi connectivity index (χ1n) is 3.83. The number of carbonyl (C=O) groups excluding carboxylic acids is 1. The van der Waals surface area contributed by atoms with Gasteiger partial charge in [-0.05, 0) is 19.0 Å². The van der Waals surface area contributed by atoms with Gasteiger partial charge in [0.05, 0.1) is 0 Å². The van der Waals surface area contributed by atoms with Gasteiger partial charge in [-0.1, -0.05) is 12.7 Å². The smallest absolute Gasteiger partial charge is 0.229 e. The van der Waals surface area contributed by atoms with Gasteiger partial charge in [-0.2, -0.15) is 0 Å². The number of carbonyl (C=O) groups is 1. The maximum atomic E-state index is 11.3. The number of hydrogen-bond acceptors (Lipinski definition) is 1. The van der Waals surface area contributed by atoms with Crippen molar-refractivity contribution in [1.29, 1.82) is 0 Å². The number of rotatable bonds is 3. The second-order valence-electron chi connectivity index (χ2n) is 2.72. The van der Waals surface area contributed by atoms with Crippen LogP contribution in [-0.4, -0.2) is 17.4 Å². The number of nitrogens with zero attached hydrogens (tertiary/aromatic N) is 1. The summed E-state index contributed by atoms with van der Waals surface area (Å²) in [5, 5.41) is 0. The third-order valence-corrected chi connectivity index (χ3v) is 2.02. The van der Waals surface area contributed by atoms with Crippen LogP contribution in [0.1, 0.15) is 12.8 Å². The quantitative estimate of drug-likeness (QED) is 0.560. The maximum Gasteiger partial charge on any atom is 0.229 e. The summed E-state index contributed by atoms with van der Waals surface area (Å²) in [6.45, 7) is 8.00. The number of amides is 1. The summed E-state index contributed by atoms with van der Waals surface area (Å²) < 4.78 is 0. The standard InChI is InChI=1S/C9H13NO/c1-3-5-8-6-7-10(4-2)9(8)11/h3-4,8H,1-2,5-7H2. The molecule has 1 fully saturated rings. The lowest BCUT2D eigenvalue weighted by atomic mass is 10.0. The van der Waals surface area contributed by atoms with E-state index >= 15 is 0 Å². The van der Waals surface area contributed by atoms with E-state index in [1.165, 1.54) is 0 Å². The van der Waals surface area contributed by atoms with E-state index in [1.54, 1.807) is 17.2 Å². The lowest BCUT2D eigenvalue weighted by Crippen LogP contribution is -2.20. The minimum absolute atomic E-state index is 0.158. The van der Waals surface area contributed by atoms with Crippen LogP contribution in [0.4, 0.5) is 0 Å². The first kappa shape index (κ1) is 8.05. The minimum Gasteiger partial charge on any atom is -0.319 e. The molecule has 2 heteroatoms. The summed E-state index contributed by atoms with van der Waals surface area (Å²) in [5.41, 5.74) is 0. The Kier molecular flexibility index (Phi) is 2.47. The van der Waals surface area contributed by atoms with E-state index in [0.29, 0.717) is 0 Å². The fourth-order valence-corrected chi connectivity index (χ4v) is 1.36. The van der Waals surface area contributed by atoms with Crippen LogP contribution in [0.25, 0.3) is 0 Å². The maximum absolute atomic E-state index is 11.3. The van der Waals surface area contributed by atoms with E-state index in [0.717, 1.165) is 19.4 Å². The molecular formula is C9H13NO. The molecule has 1 atom stereocenters. The molecule has 0 aromatic rings. The van der Waals surface area contributed by atoms with Crippen molar-refractivity contribution in [3.05, 3.63) is 25.4 Å². The Morgan fingerprint density at radius 2 is 2.36 bits per heavy atom. The molecule has 0 aliphatic carbocycles. The Morgan fingerprint density at radius 1 is 1.64 bits per heavy atom. The Bertz CT molecular complexity index is 186. The second-order valence-corrected chi connectivity index (χ2v) is 2.72. The molecule has 1 unspecified atom stereocenters. The van der Waals surface area contributed by atoms with E-state index in [1.807, 2.05) is 0 Å². The van der Waals surface area contributed by atoms with Gasteiger partial charge in [0.2, 0.25) is 5.91 Å². The molecule has 1 amide bonds. The summed E-state index contributed by atoms with van der Waals surface area (Å²) in [5.74, 6) is 0.352. The van der Waals surface area contributed by atoms with Crippen LogP contribution in [0.5, 0.6) is 0 Å². The average molecular weight is 151 g/mol. The third-order valence-electron chi connectivity index (χ3n) is 2.02. The minimum atomic E-state index is 0.158. The zero-order chi connectivity index (χ0) is 8.27. The molecule has 1 heterocycles. The van der Waals surface area contributed by atoms with Gasteiger partial charge in [0, 0.05) is 12.5 Å². The van der Waals surface area contributed by atoms with Gasteiger partial charge in [-0.25, -0.2) is 0 Å². The highest BCUT2D eigenvalue weighted by atomic mass is 16.2. The molecule has 0 N–H and O–H groups in total. The van der Waals surface area contributed by atoms with Crippen LogP contribution in [0, 0.1) is 5.92 Å². The molecule has 0 aromatic carbocycles. The monoisotopic (exact) mass is 151 g/mol. The fourth-order valence-electron chi connectivity index (χ4n) is 1.36. The van der Waals surface area contributed by atoms with Crippen molar-refractivity contribution < 1.29 is 4.79 Å². The molecule has 1 saturated heterocycles. The molecule has 2 nitrogen and oxygen atoms in total. The fraction of sp³-hybridized carbons (Fsp3) is 0.444. The van der Waals surface area contributed by atoms with Gasteiger partial charge < -0.3 is 4.90 Å². The highest BCUT2D eigenvalue weighted by molar-refractivity contribution is 5.81. The van der Waals surface area contributed by atoms with Crippen molar-refractivity contribution >= 4 is 5.91 Å². The van der Waals surface area contributed by atoms with Gasteiger partial charge in [0.15, 0.2) is 0 Å². The Labute approximate surface area is 67.2 Å². The Balaban J connectivity index is 2.55. The third kappa shape index (κ3) is 1.50. The van der Waals surface area contributed by atoms with Crippen molar-refractivity contribution in [2.45, 2.75) is 12.8 Å². The predicted octanol–water partition coefficient (Wildman–Crippen LogP) is 1.55. The largest absolute Gasteiger partial charge is 0.319 e. The van der Waals surface area contributed by atoms with Crippen molar-refractivity contribution in [2.75, 3.05) is 6.54 Å².